The highest BCUT2D eigenvalue weighted by atomic mass is 79.9. The Kier molecular flexibility index (Phi) is 7.19. The molecule has 3 aromatic carbocycles. The fourth-order valence-electron chi connectivity index (χ4n) is 3.03. The zero-order chi connectivity index (χ0) is 23.5. The van der Waals surface area contributed by atoms with Crippen LogP contribution < -0.4 is 15.4 Å². The Morgan fingerprint density at radius 3 is 2.70 bits per heavy atom. The van der Waals surface area contributed by atoms with E-state index in [-0.39, 0.29) is 5.11 Å². The van der Waals surface area contributed by atoms with Gasteiger partial charge in [0.15, 0.2) is 10.7 Å². The van der Waals surface area contributed by atoms with Crippen molar-refractivity contribution >= 4 is 79.2 Å². The Hall–Kier alpha value is -2.65. The molecule has 0 saturated carbocycles. The van der Waals surface area contributed by atoms with Crippen LogP contribution >= 0.6 is 51.3 Å². The maximum atomic E-state index is 12.5. The van der Waals surface area contributed by atoms with Gasteiger partial charge in [-0.2, -0.15) is 0 Å². The lowest BCUT2D eigenvalue weighted by molar-refractivity contribution is 0.0977. The number of benzene rings is 3. The number of ether oxygens (including phenoxy) is 1. The molecule has 1 amide bonds. The van der Waals surface area contributed by atoms with Crippen molar-refractivity contribution in [3.63, 3.8) is 0 Å². The number of rotatable bonds is 5. The van der Waals surface area contributed by atoms with Crippen molar-refractivity contribution in [3.05, 3.63) is 74.7 Å². The minimum absolute atomic E-state index is 0.128. The van der Waals surface area contributed by atoms with Crippen molar-refractivity contribution in [3.8, 4) is 17.2 Å². The smallest absolute Gasteiger partial charge is 0.257 e. The van der Waals surface area contributed by atoms with Gasteiger partial charge in [0, 0.05) is 15.7 Å². The molecule has 0 aliphatic rings. The summed E-state index contributed by atoms with van der Waals surface area (Å²) in [6, 6.07) is 15.5. The Labute approximate surface area is 213 Å². The number of aromatic nitrogens is 1. The van der Waals surface area contributed by atoms with Gasteiger partial charge in [-0.3, -0.25) is 10.1 Å². The third-order valence-electron chi connectivity index (χ3n) is 4.53. The summed E-state index contributed by atoms with van der Waals surface area (Å²) < 4.78 is 12.1. The number of nitrogens with zero attached hydrogens (tertiary/aromatic N) is 1. The average molecular weight is 565 g/mol. The standard InChI is InChI=1S/C23H16BrCl2N3O3S/c1-2-31-19-7-3-12(9-17(19)26)21(30)29-23(33)27-14-5-8-20-18(11-14)28-22(32-20)15-10-13(24)4-6-16(15)25/h3-11H,2H2,1H3,(H2,27,29,30,33). The van der Waals surface area contributed by atoms with Gasteiger partial charge in [0.25, 0.3) is 5.91 Å². The Morgan fingerprint density at radius 2 is 1.94 bits per heavy atom. The fraction of sp³-hybridized carbons (Fsp3) is 0.0870. The molecule has 1 heterocycles. The largest absolute Gasteiger partial charge is 0.492 e. The van der Waals surface area contributed by atoms with E-state index in [1.54, 1.807) is 36.4 Å². The third-order valence-corrected chi connectivity index (χ3v) is 5.85. The van der Waals surface area contributed by atoms with Gasteiger partial charge in [0.05, 0.1) is 22.2 Å². The summed E-state index contributed by atoms with van der Waals surface area (Å²) >= 11 is 21.2. The molecule has 10 heteroatoms. The molecule has 2 N–H and O–H groups in total. The highest BCUT2D eigenvalue weighted by molar-refractivity contribution is 9.10. The van der Waals surface area contributed by atoms with Gasteiger partial charge in [-0.25, -0.2) is 4.98 Å². The molecular formula is C23H16BrCl2N3O3S. The van der Waals surface area contributed by atoms with Crippen LogP contribution in [0.4, 0.5) is 5.69 Å². The summed E-state index contributed by atoms with van der Waals surface area (Å²) in [5.41, 5.74) is 2.87. The molecule has 33 heavy (non-hydrogen) atoms. The number of carbonyl (C=O) groups excluding carboxylic acids is 1. The van der Waals surface area contributed by atoms with Crippen LogP contribution in [-0.2, 0) is 0 Å². The van der Waals surface area contributed by atoms with Gasteiger partial charge in [0.1, 0.15) is 11.3 Å². The quantitative estimate of drug-likeness (QED) is 0.252. The lowest BCUT2D eigenvalue weighted by Gasteiger charge is -2.11. The molecule has 0 unspecified atom stereocenters. The molecule has 1 aromatic heterocycles. The number of thiocarbonyl (C=S) groups is 1. The zero-order valence-electron chi connectivity index (χ0n) is 17.1. The molecule has 0 aliphatic heterocycles. The summed E-state index contributed by atoms with van der Waals surface area (Å²) in [4.78, 5) is 17.0. The van der Waals surface area contributed by atoms with Crippen LogP contribution in [-0.4, -0.2) is 22.6 Å². The van der Waals surface area contributed by atoms with E-state index in [9.17, 15) is 4.79 Å². The van der Waals surface area contributed by atoms with E-state index in [2.05, 4.69) is 31.5 Å². The van der Waals surface area contributed by atoms with E-state index in [4.69, 9.17) is 44.6 Å². The Bertz CT molecular complexity index is 1380. The number of fused-ring (bicyclic) bond motifs is 1. The normalized spacial score (nSPS) is 10.8. The first-order valence-electron chi connectivity index (χ1n) is 9.74. The fourth-order valence-corrected chi connectivity index (χ4v) is 4.04. The molecule has 0 saturated heterocycles. The maximum absolute atomic E-state index is 12.5. The second-order valence-corrected chi connectivity index (χ2v) is 8.95. The van der Waals surface area contributed by atoms with Crippen molar-refractivity contribution in [1.82, 2.24) is 10.3 Å². The SMILES string of the molecule is CCOc1ccc(C(=O)NC(=S)Nc2ccc3oc(-c4cc(Br)ccc4Cl)nc3c2)cc1Cl. The van der Waals surface area contributed by atoms with E-state index in [1.807, 2.05) is 19.1 Å². The number of carbonyl (C=O) groups is 1. The van der Waals surface area contributed by atoms with Crippen LogP contribution in [0.1, 0.15) is 17.3 Å². The number of oxazole rings is 1. The number of hydrogen-bond donors (Lipinski definition) is 2. The second-order valence-electron chi connectivity index (χ2n) is 6.81. The van der Waals surface area contributed by atoms with Crippen molar-refractivity contribution in [2.24, 2.45) is 0 Å². The van der Waals surface area contributed by atoms with Crippen LogP contribution in [0.15, 0.2) is 63.5 Å². The molecule has 0 bridgehead atoms. The maximum Gasteiger partial charge on any atom is 0.257 e. The minimum Gasteiger partial charge on any atom is -0.492 e. The minimum atomic E-state index is -0.397. The summed E-state index contributed by atoms with van der Waals surface area (Å²) in [5.74, 6) is 0.518. The van der Waals surface area contributed by atoms with Crippen molar-refractivity contribution < 1.29 is 13.9 Å². The van der Waals surface area contributed by atoms with Crippen LogP contribution in [0.2, 0.25) is 10.0 Å². The molecule has 6 nitrogen and oxygen atoms in total. The first-order chi connectivity index (χ1) is 15.8. The van der Waals surface area contributed by atoms with Crippen LogP contribution in [0.3, 0.4) is 0 Å². The van der Waals surface area contributed by atoms with Crippen LogP contribution in [0.5, 0.6) is 5.75 Å². The molecule has 0 atom stereocenters. The zero-order valence-corrected chi connectivity index (χ0v) is 21.0. The van der Waals surface area contributed by atoms with Gasteiger partial charge in [0.2, 0.25) is 5.89 Å². The summed E-state index contributed by atoms with van der Waals surface area (Å²) in [7, 11) is 0. The molecule has 0 spiro atoms. The lowest BCUT2D eigenvalue weighted by atomic mass is 10.2. The number of anilines is 1. The van der Waals surface area contributed by atoms with Crippen molar-refractivity contribution in [2.75, 3.05) is 11.9 Å². The van der Waals surface area contributed by atoms with Crippen LogP contribution in [0, 0.1) is 0 Å². The van der Waals surface area contributed by atoms with Crippen LogP contribution in [0.25, 0.3) is 22.6 Å². The van der Waals surface area contributed by atoms with Gasteiger partial charge in [-0.05, 0) is 73.7 Å². The first kappa shape index (κ1) is 23.5. The molecular weight excluding hydrogens is 549 g/mol. The first-order valence-corrected chi connectivity index (χ1v) is 11.7. The molecule has 168 valence electrons. The average Bonchev–Trinajstić information content (AvgIpc) is 3.20. The van der Waals surface area contributed by atoms with Gasteiger partial charge in [-0.15, -0.1) is 0 Å². The topological polar surface area (TPSA) is 76.4 Å². The molecule has 0 aliphatic carbocycles. The van der Waals surface area contributed by atoms with Gasteiger partial charge < -0.3 is 14.5 Å². The Morgan fingerprint density at radius 1 is 1.12 bits per heavy atom. The summed E-state index contributed by atoms with van der Waals surface area (Å²) in [6.45, 7) is 2.33. The molecule has 4 rings (SSSR count). The molecule has 0 fully saturated rings. The van der Waals surface area contributed by atoms with Gasteiger partial charge in [-0.1, -0.05) is 39.1 Å². The molecule has 4 aromatic rings. The van der Waals surface area contributed by atoms with E-state index >= 15 is 0 Å². The van der Waals surface area contributed by atoms with Crippen molar-refractivity contribution in [1.29, 1.82) is 0 Å². The lowest BCUT2D eigenvalue weighted by Crippen LogP contribution is -2.34. The van der Waals surface area contributed by atoms with E-state index in [1.165, 1.54) is 6.07 Å². The number of halogens is 3. The number of hydrogen-bond acceptors (Lipinski definition) is 5. The second kappa shape index (κ2) is 10.1. The number of amides is 1. The van der Waals surface area contributed by atoms with E-state index in [0.717, 1.165) is 4.47 Å². The highest BCUT2D eigenvalue weighted by Crippen LogP contribution is 2.33. The highest BCUT2D eigenvalue weighted by Gasteiger charge is 2.14. The number of nitrogens with one attached hydrogen (secondary N) is 2. The monoisotopic (exact) mass is 563 g/mol. The third kappa shape index (κ3) is 5.47. The van der Waals surface area contributed by atoms with E-state index < -0.39 is 5.91 Å². The van der Waals surface area contributed by atoms with Crippen molar-refractivity contribution in [2.45, 2.75) is 6.92 Å². The summed E-state index contributed by atoms with van der Waals surface area (Å²) in [6.07, 6.45) is 0. The Balaban J connectivity index is 1.47. The van der Waals surface area contributed by atoms with E-state index in [0.29, 0.717) is 56.2 Å². The predicted molar refractivity (Wildman–Crippen MR) is 138 cm³/mol. The van der Waals surface area contributed by atoms with Gasteiger partial charge >= 0.3 is 0 Å². The summed E-state index contributed by atoms with van der Waals surface area (Å²) in [5, 5.41) is 6.61. The molecule has 0 radical (unpaired) electrons. The predicted octanol–water partition coefficient (Wildman–Crippen LogP) is 7.09.